The molecule has 0 aliphatic rings. The predicted molar refractivity (Wildman–Crippen MR) is 120 cm³/mol. The van der Waals surface area contributed by atoms with Crippen molar-refractivity contribution in [3.05, 3.63) is 105 Å². The summed E-state index contributed by atoms with van der Waals surface area (Å²) in [6.07, 6.45) is 0. The first-order chi connectivity index (χ1) is 15.0. The monoisotopic (exact) mass is 451 g/mol. The third-order valence-corrected chi connectivity index (χ3v) is 5.59. The quantitative estimate of drug-likeness (QED) is 0.452. The van der Waals surface area contributed by atoms with Crippen molar-refractivity contribution in [2.45, 2.75) is 23.4 Å². The van der Waals surface area contributed by atoms with Gasteiger partial charge in [0.1, 0.15) is 16.5 Å². The molecule has 0 saturated heterocycles. The Morgan fingerprint density at radius 3 is 2.45 bits per heavy atom. The molecule has 6 nitrogen and oxygen atoms in total. The van der Waals surface area contributed by atoms with Gasteiger partial charge in [0.25, 0.3) is 11.5 Å². The van der Waals surface area contributed by atoms with E-state index in [0.29, 0.717) is 33.6 Å². The lowest BCUT2D eigenvalue weighted by molar-refractivity contribution is 0.0948. The van der Waals surface area contributed by atoms with Crippen molar-refractivity contribution in [1.29, 1.82) is 0 Å². The Kier molecular flexibility index (Phi) is 6.25. The molecular formula is C23H18ClN3O3S. The normalized spacial score (nSPS) is 10.8. The summed E-state index contributed by atoms with van der Waals surface area (Å²) >= 11 is 7.35. The van der Waals surface area contributed by atoms with Gasteiger partial charge in [-0.1, -0.05) is 23.4 Å². The van der Waals surface area contributed by atoms with E-state index in [-0.39, 0.29) is 11.5 Å². The molecule has 2 heterocycles. The number of carbonyl (C=O) groups excluding carboxylic acids is 1. The molecule has 1 N–H and O–H groups in total. The van der Waals surface area contributed by atoms with Gasteiger partial charge in [-0.15, -0.1) is 0 Å². The van der Waals surface area contributed by atoms with Crippen LogP contribution in [0.1, 0.15) is 21.9 Å². The molecule has 4 rings (SSSR count). The summed E-state index contributed by atoms with van der Waals surface area (Å²) in [6, 6.07) is 20.9. The smallest absolute Gasteiger partial charge is 0.271 e. The van der Waals surface area contributed by atoms with Crippen molar-refractivity contribution >= 4 is 29.3 Å². The van der Waals surface area contributed by atoms with Gasteiger partial charge in [0.05, 0.1) is 12.2 Å². The number of nitrogens with one attached hydrogen (secondary N) is 1. The lowest BCUT2D eigenvalue weighted by Gasteiger charge is -2.08. The molecule has 4 aromatic rings. The molecule has 0 aliphatic heterocycles. The maximum Gasteiger partial charge on any atom is 0.271 e. The Morgan fingerprint density at radius 1 is 1.03 bits per heavy atom. The van der Waals surface area contributed by atoms with Gasteiger partial charge in [0, 0.05) is 21.5 Å². The van der Waals surface area contributed by atoms with E-state index < -0.39 is 0 Å². The van der Waals surface area contributed by atoms with Gasteiger partial charge in [-0.3, -0.25) is 9.59 Å². The minimum Gasteiger partial charge on any atom is -0.465 e. The number of aryl methyl sites for hydroxylation is 1. The second-order valence-corrected chi connectivity index (χ2v) is 8.25. The molecule has 156 valence electrons. The molecule has 8 heteroatoms. The van der Waals surface area contributed by atoms with Gasteiger partial charge in [0.2, 0.25) is 0 Å². The van der Waals surface area contributed by atoms with Crippen LogP contribution in [0.15, 0.2) is 91.9 Å². The number of amides is 1. The van der Waals surface area contributed by atoms with Crippen molar-refractivity contribution in [1.82, 2.24) is 15.1 Å². The molecule has 31 heavy (non-hydrogen) atoms. The van der Waals surface area contributed by atoms with Crippen LogP contribution in [0.25, 0.3) is 5.69 Å². The third-order valence-electron chi connectivity index (χ3n) is 4.41. The molecule has 0 atom stereocenters. The Morgan fingerprint density at radius 2 is 1.77 bits per heavy atom. The van der Waals surface area contributed by atoms with E-state index >= 15 is 0 Å². The predicted octanol–water partition coefficient (Wildman–Crippen LogP) is 4.87. The zero-order valence-electron chi connectivity index (χ0n) is 16.5. The summed E-state index contributed by atoms with van der Waals surface area (Å²) in [5.74, 6) is 1.25. The summed E-state index contributed by atoms with van der Waals surface area (Å²) in [5.41, 5.74) is 0.791. The summed E-state index contributed by atoms with van der Waals surface area (Å²) < 4.78 is 6.76. The highest BCUT2D eigenvalue weighted by atomic mass is 35.5. The van der Waals surface area contributed by atoms with E-state index in [1.165, 1.54) is 22.5 Å². The van der Waals surface area contributed by atoms with Crippen LogP contribution in [0.3, 0.4) is 0 Å². The average molecular weight is 452 g/mol. The number of hydrogen-bond acceptors (Lipinski definition) is 5. The van der Waals surface area contributed by atoms with Crippen LogP contribution in [0.4, 0.5) is 0 Å². The van der Waals surface area contributed by atoms with Crippen LogP contribution in [-0.2, 0) is 6.54 Å². The Labute approximate surface area is 187 Å². The molecule has 0 radical (unpaired) electrons. The van der Waals surface area contributed by atoms with E-state index in [9.17, 15) is 9.59 Å². The van der Waals surface area contributed by atoms with Gasteiger partial charge in [-0.05, 0) is 73.7 Å². The highest BCUT2D eigenvalue weighted by Gasteiger charge is 2.09. The van der Waals surface area contributed by atoms with Gasteiger partial charge < -0.3 is 9.73 Å². The molecule has 2 aromatic carbocycles. The molecule has 0 saturated carbocycles. The maximum atomic E-state index is 12.4. The number of rotatable bonds is 6. The van der Waals surface area contributed by atoms with Gasteiger partial charge in [0.15, 0.2) is 0 Å². The van der Waals surface area contributed by atoms with Crippen LogP contribution in [0.5, 0.6) is 0 Å². The van der Waals surface area contributed by atoms with Gasteiger partial charge in [-0.25, -0.2) is 0 Å². The summed E-state index contributed by atoms with van der Waals surface area (Å²) in [5, 5.41) is 8.57. The van der Waals surface area contributed by atoms with Crippen molar-refractivity contribution in [3.63, 3.8) is 0 Å². The minimum absolute atomic E-state index is 0.229. The van der Waals surface area contributed by atoms with Crippen molar-refractivity contribution in [3.8, 4) is 5.69 Å². The highest BCUT2D eigenvalue weighted by Crippen LogP contribution is 2.26. The van der Waals surface area contributed by atoms with E-state index in [4.69, 9.17) is 16.0 Å². The van der Waals surface area contributed by atoms with Crippen molar-refractivity contribution in [2.24, 2.45) is 0 Å². The number of aromatic nitrogens is 2. The molecule has 1 amide bonds. The zero-order valence-corrected chi connectivity index (χ0v) is 18.1. The standard InChI is InChI=1S/C23H18ClN3O3S/c1-15-2-9-19(30-15)14-25-23(29)16-3-7-18(8-4-16)27-22(28)13-12-21(26-27)31-20-10-5-17(24)6-11-20/h2-13H,14H2,1H3,(H,25,29). The van der Waals surface area contributed by atoms with Crippen LogP contribution in [0, 0.1) is 6.92 Å². The summed E-state index contributed by atoms with van der Waals surface area (Å²) in [7, 11) is 0. The molecule has 0 spiro atoms. The number of hydrogen-bond donors (Lipinski definition) is 1. The van der Waals surface area contributed by atoms with Gasteiger partial charge in [-0.2, -0.15) is 9.78 Å². The first-order valence-corrected chi connectivity index (χ1v) is 10.7. The summed E-state index contributed by atoms with van der Waals surface area (Å²) in [6.45, 7) is 2.16. The minimum atomic E-state index is -0.258. The fraction of sp³-hybridized carbons (Fsp3) is 0.0870. The topological polar surface area (TPSA) is 77.1 Å². The lowest BCUT2D eigenvalue weighted by Crippen LogP contribution is -2.23. The van der Waals surface area contributed by atoms with Crippen LogP contribution in [-0.4, -0.2) is 15.7 Å². The fourth-order valence-corrected chi connectivity index (χ4v) is 3.76. The SMILES string of the molecule is Cc1ccc(CNC(=O)c2ccc(-n3nc(Sc4ccc(Cl)cc4)ccc3=O)cc2)o1. The number of benzene rings is 2. The average Bonchev–Trinajstić information content (AvgIpc) is 3.20. The summed E-state index contributed by atoms with van der Waals surface area (Å²) in [4.78, 5) is 25.7. The first kappa shape index (κ1) is 21.0. The number of carbonyl (C=O) groups is 1. The van der Waals surface area contributed by atoms with E-state index in [2.05, 4.69) is 10.4 Å². The second kappa shape index (κ2) is 9.24. The fourth-order valence-electron chi connectivity index (χ4n) is 2.86. The van der Waals surface area contributed by atoms with Gasteiger partial charge >= 0.3 is 0 Å². The van der Waals surface area contributed by atoms with E-state index in [1.807, 2.05) is 31.2 Å². The lowest BCUT2D eigenvalue weighted by atomic mass is 10.2. The Balaban J connectivity index is 1.48. The molecule has 2 aromatic heterocycles. The largest absolute Gasteiger partial charge is 0.465 e. The molecule has 0 fully saturated rings. The maximum absolute atomic E-state index is 12.4. The van der Waals surface area contributed by atoms with Crippen molar-refractivity contribution < 1.29 is 9.21 Å². The Bertz CT molecular complexity index is 1260. The van der Waals surface area contributed by atoms with E-state index in [1.54, 1.807) is 42.5 Å². The molecular weight excluding hydrogens is 434 g/mol. The first-order valence-electron chi connectivity index (χ1n) is 9.46. The second-order valence-electron chi connectivity index (χ2n) is 6.72. The number of nitrogens with zero attached hydrogens (tertiary/aromatic N) is 2. The number of furan rings is 1. The Hall–Kier alpha value is -3.29. The molecule has 0 aliphatic carbocycles. The van der Waals surface area contributed by atoms with Crippen LogP contribution in [0.2, 0.25) is 5.02 Å². The van der Waals surface area contributed by atoms with Crippen molar-refractivity contribution in [2.75, 3.05) is 0 Å². The highest BCUT2D eigenvalue weighted by molar-refractivity contribution is 7.99. The zero-order chi connectivity index (χ0) is 21.8. The van der Waals surface area contributed by atoms with Crippen LogP contribution < -0.4 is 10.9 Å². The number of halogens is 1. The molecule has 0 unspecified atom stereocenters. The van der Waals surface area contributed by atoms with Crippen LogP contribution >= 0.6 is 23.4 Å². The molecule has 0 bridgehead atoms. The third kappa shape index (κ3) is 5.25. The van der Waals surface area contributed by atoms with E-state index in [0.717, 1.165) is 10.7 Å².